The summed E-state index contributed by atoms with van der Waals surface area (Å²) in [5.74, 6) is -15.0. The Balaban J connectivity index is 4.86. The standard InChI is InChI=1S/C10H9F9O3/c1-5(2)6(20)21-3-4-22-10(18,19)8(13,14)7(11,12)9(15,16)17/h1,3-4H2,2H3. The van der Waals surface area contributed by atoms with E-state index in [9.17, 15) is 44.3 Å². The van der Waals surface area contributed by atoms with E-state index in [1.165, 1.54) is 0 Å². The van der Waals surface area contributed by atoms with Gasteiger partial charge in [-0.05, 0) is 6.92 Å². The fraction of sp³-hybridized carbons (Fsp3) is 0.700. The molecule has 0 aromatic heterocycles. The van der Waals surface area contributed by atoms with Gasteiger partial charge < -0.3 is 9.47 Å². The summed E-state index contributed by atoms with van der Waals surface area (Å²) in [4.78, 5) is 10.8. The Morgan fingerprint density at radius 2 is 1.36 bits per heavy atom. The molecular weight excluding hydrogens is 339 g/mol. The van der Waals surface area contributed by atoms with Crippen molar-refractivity contribution in [3.8, 4) is 0 Å². The molecule has 0 aliphatic carbocycles. The maximum Gasteiger partial charge on any atom is 0.460 e. The summed E-state index contributed by atoms with van der Waals surface area (Å²) in [5.41, 5.74) is -0.194. The minimum Gasteiger partial charge on any atom is -0.460 e. The molecule has 0 saturated carbocycles. The Bertz CT molecular complexity index is 428. The van der Waals surface area contributed by atoms with E-state index in [2.05, 4.69) is 16.1 Å². The fourth-order valence-corrected chi connectivity index (χ4v) is 0.879. The first-order valence-corrected chi connectivity index (χ1v) is 5.24. The molecule has 0 aromatic rings. The number of ether oxygens (including phenoxy) is 2. The van der Waals surface area contributed by atoms with Crippen molar-refractivity contribution >= 4 is 5.97 Å². The molecule has 0 radical (unpaired) electrons. The number of rotatable bonds is 7. The third kappa shape index (κ3) is 4.05. The third-order valence-electron chi connectivity index (χ3n) is 2.06. The van der Waals surface area contributed by atoms with Crippen LogP contribution in [0.4, 0.5) is 39.5 Å². The molecule has 12 heteroatoms. The molecule has 0 N–H and O–H groups in total. The van der Waals surface area contributed by atoms with Crippen LogP contribution < -0.4 is 0 Å². The molecule has 0 saturated heterocycles. The van der Waals surface area contributed by atoms with Crippen LogP contribution in [0, 0.1) is 0 Å². The highest BCUT2D eigenvalue weighted by atomic mass is 19.4. The Morgan fingerprint density at radius 3 is 1.73 bits per heavy atom. The SMILES string of the molecule is C=C(C)C(=O)OCCOC(F)(F)C(F)(F)C(F)(F)C(F)(F)F. The molecule has 0 fully saturated rings. The number of alkyl halides is 9. The molecule has 0 spiro atoms. The summed E-state index contributed by atoms with van der Waals surface area (Å²) < 4.78 is 118. The molecule has 0 aromatic carbocycles. The molecule has 0 heterocycles. The number of carbonyl (C=O) groups is 1. The van der Waals surface area contributed by atoms with Crippen LogP contribution in [0.2, 0.25) is 0 Å². The van der Waals surface area contributed by atoms with Gasteiger partial charge in [0.2, 0.25) is 0 Å². The molecule has 130 valence electrons. The Morgan fingerprint density at radius 1 is 0.909 bits per heavy atom. The topological polar surface area (TPSA) is 35.5 Å². The van der Waals surface area contributed by atoms with E-state index in [1.54, 1.807) is 0 Å². The zero-order valence-corrected chi connectivity index (χ0v) is 10.7. The van der Waals surface area contributed by atoms with Crippen LogP contribution in [0.15, 0.2) is 12.2 Å². The highest BCUT2D eigenvalue weighted by molar-refractivity contribution is 5.86. The number of esters is 1. The second-order valence-corrected chi connectivity index (χ2v) is 3.93. The lowest BCUT2D eigenvalue weighted by molar-refractivity contribution is -0.444. The zero-order chi connectivity index (χ0) is 18.0. The maximum atomic E-state index is 12.8. The van der Waals surface area contributed by atoms with Crippen molar-refractivity contribution in [2.24, 2.45) is 0 Å². The summed E-state index contributed by atoms with van der Waals surface area (Å²) in [7, 11) is 0. The van der Waals surface area contributed by atoms with Crippen LogP contribution in [0.1, 0.15) is 6.92 Å². The third-order valence-corrected chi connectivity index (χ3v) is 2.06. The molecule has 0 unspecified atom stereocenters. The van der Waals surface area contributed by atoms with Gasteiger partial charge in [0, 0.05) is 5.57 Å². The van der Waals surface area contributed by atoms with Crippen molar-refractivity contribution in [3.63, 3.8) is 0 Å². The molecular formula is C10H9F9O3. The molecule has 0 aliphatic heterocycles. The molecule has 0 bridgehead atoms. The van der Waals surface area contributed by atoms with Gasteiger partial charge in [-0.1, -0.05) is 6.58 Å². The van der Waals surface area contributed by atoms with Crippen LogP contribution in [0.25, 0.3) is 0 Å². The average molecular weight is 348 g/mol. The maximum absolute atomic E-state index is 12.8. The Hall–Kier alpha value is -1.46. The minimum absolute atomic E-state index is 0.194. The smallest absolute Gasteiger partial charge is 0.460 e. The first kappa shape index (κ1) is 20.5. The highest BCUT2D eigenvalue weighted by Gasteiger charge is 2.82. The Kier molecular flexibility index (Phi) is 5.92. The minimum atomic E-state index is -7.03. The quantitative estimate of drug-likeness (QED) is 0.306. The van der Waals surface area contributed by atoms with Gasteiger partial charge >= 0.3 is 30.1 Å². The number of halogens is 9. The first-order chi connectivity index (χ1) is 9.58. The normalized spacial score (nSPS) is 13.9. The molecule has 0 rings (SSSR count). The van der Waals surface area contributed by atoms with Crippen molar-refractivity contribution in [2.45, 2.75) is 31.1 Å². The van der Waals surface area contributed by atoms with Gasteiger partial charge in [-0.15, -0.1) is 0 Å². The number of carbonyl (C=O) groups excluding carboxylic acids is 1. The van der Waals surface area contributed by atoms with Crippen molar-refractivity contribution in [3.05, 3.63) is 12.2 Å². The van der Waals surface area contributed by atoms with Gasteiger partial charge in [0.25, 0.3) is 0 Å². The van der Waals surface area contributed by atoms with Crippen LogP contribution in [0.5, 0.6) is 0 Å². The van der Waals surface area contributed by atoms with E-state index in [0.717, 1.165) is 6.92 Å². The predicted octanol–water partition coefficient (Wildman–Crippen LogP) is 3.55. The van der Waals surface area contributed by atoms with E-state index in [-0.39, 0.29) is 5.57 Å². The van der Waals surface area contributed by atoms with Gasteiger partial charge in [0.1, 0.15) is 6.61 Å². The second kappa shape index (κ2) is 6.34. The number of hydrogen-bond donors (Lipinski definition) is 0. The van der Waals surface area contributed by atoms with Gasteiger partial charge in [-0.25, -0.2) is 4.79 Å². The lowest BCUT2D eigenvalue weighted by atomic mass is 10.1. The van der Waals surface area contributed by atoms with Gasteiger partial charge in [-0.3, -0.25) is 0 Å². The van der Waals surface area contributed by atoms with Crippen molar-refractivity contribution in [1.29, 1.82) is 0 Å². The van der Waals surface area contributed by atoms with Crippen LogP contribution in [0.3, 0.4) is 0 Å². The largest absolute Gasteiger partial charge is 0.460 e. The summed E-state index contributed by atoms with van der Waals surface area (Å²) >= 11 is 0. The van der Waals surface area contributed by atoms with Crippen molar-refractivity contribution in [2.75, 3.05) is 13.2 Å². The van der Waals surface area contributed by atoms with Crippen molar-refractivity contribution in [1.82, 2.24) is 0 Å². The summed E-state index contributed by atoms with van der Waals surface area (Å²) in [6.07, 6.45) is -13.1. The van der Waals surface area contributed by atoms with Crippen LogP contribution in [-0.2, 0) is 14.3 Å². The number of hydrogen-bond acceptors (Lipinski definition) is 3. The molecule has 0 atom stereocenters. The molecule has 22 heavy (non-hydrogen) atoms. The van der Waals surface area contributed by atoms with Gasteiger partial charge in [-0.2, -0.15) is 39.5 Å². The Labute approximate surface area is 117 Å². The monoisotopic (exact) mass is 348 g/mol. The lowest BCUT2D eigenvalue weighted by Crippen LogP contribution is -2.61. The summed E-state index contributed by atoms with van der Waals surface area (Å²) in [6, 6.07) is 0. The van der Waals surface area contributed by atoms with E-state index in [4.69, 9.17) is 0 Å². The first-order valence-electron chi connectivity index (χ1n) is 5.24. The van der Waals surface area contributed by atoms with E-state index < -0.39 is 43.3 Å². The van der Waals surface area contributed by atoms with Crippen LogP contribution >= 0.6 is 0 Å². The van der Waals surface area contributed by atoms with Gasteiger partial charge in [0.05, 0.1) is 6.61 Å². The molecule has 0 aliphatic rings. The average Bonchev–Trinajstić information content (AvgIpc) is 2.32. The molecule has 0 amide bonds. The second-order valence-electron chi connectivity index (χ2n) is 3.93. The summed E-state index contributed by atoms with van der Waals surface area (Å²) in [6.45, 7) is 1.59. The van der Waals surface area contributed by atoms with E-state index in [0.29, 0.717) is 0 Å². The summed E-state index contributed by atoms with van der Waals surface area (Å²) in [5, 5.41) is 0. The van der Waals surface area contributed by atoms with E-state index in [1.807, 2.05) is 0 Å². The zero-order valence-electron chi connectivity index (χ0n) is 10.7. The highest BCUT2D eigenvalue weighted by Crippen LogP contribution is 2.53. The van der Waals surface area contributed by atoms with Crippen molar-refractivity contribution < 1.29 is 53.8 Å². The van der Waals surface area contributed by atoms with Crippen LogP contribution in [-0.4, -0.2) is 43.3 Å². The lowest BCUT2D eigenvalue weighted by Gasteiger charge is -2.32. The van der Waals surface area contributed by atoms with E-state index >= 15 is 0 Å². The molecule has 3 nitrogen and oxygen atoms in total. The fourth-order valence-electron chi connectivity index (χ4n) is 0.879. The predicted molar refractivity (Wildman–Crippen MR) is 52.6 cm³/mol. The van der Waals surface area contributed by atoms with Gasteiger partial charge in [0.15, 0.2) is 0 Å².